The molecule has 0 radical (unpaired) electrons. The molecule has 1 aromatic carbocycles. The van der Waals surface area contributed by atoms with Crippen molar-refractivity contribution in [3.8, 4) is 0 Å². The Kier molecular flexibility index (Phi) is 6.67. The third-order valence-corrected chi connectivity index (χ3v) is 4.43. The van der Waals surface area contributed by atoms with E-state index in [0.717, 1.165) is 37.9 Å². The van der Waals surface area contributed by atoms with E-state index in [4.69, 9.17) is 0 Å². The quantitative estimate of drug-likeness (QED) is 0.725. The van der Waals surface area contributed by atoms with Crippen molar-refractivity contribution in [3.05, 3.63) is 35.1 Å². The Hall–Kier alpha value is -0.890. The Morgan fingerprint density at radius 3 is 2.40 bits per heavy atom. The lowest BCUT2D eigenvalue weighted by atomic mass is 9.76. The van der Waals surface area contributed by atoms with Gasteiger partial charge < -0.3 is 5.32 Å². The van der Waals surface area contributed by atoms with Gasteiger partial charge in [-0.1, -0.05) is 33.8 Å². The monoisotopic (exact) mass is 279 g/mol. The van der Waals surface area contributed by atoms with Crippen LogP contribution in [0.5, 0.6) is 0 Å². The summed E-state index contributed by atoms with van der Waals surface area (Å²) >= 11 is 0. The second-order valence-electron chi connectivity index (χ2n) is 6.48. The van der Waals surface area contributed by atoms with E-state index < -0.39 is 0 Å². The van der Waals surface area contributed by atoms with Gasteiger partial charge in [-0.3, -0.25) is 0 Å². The van der Waals surface area contributed by atoms with E-state index in [-0.39, 0.29) is 11.2 Å². The van der Waals surface area contributed by atoms with Crippen LogP contribution in [-0.2, 0) is 6.42 Å². The maximum absolute atomic E-state index is 13.5. The Morgan fingerprint density at radius 2 is 1.85 bits per heavy atom. The van der Waals surface area contributed by atoms with Crippen molar-refractivity contribution in [2.45, 2.75) is 53.9 Å². The van der Waals surface area contributed by atoms with Gasteiger partial charge >= 0.3 is 0 Å². The zero-order valence-electron chi connectivity index (χ0n) is 13.7. The number of halogens is 1. The van der Waals surface area contributed by atoms with E-state index in [9.17, 15) is 4.39 Å². The maximum atomic E-state index is 13.5. The van der Waals surface area contributed by atoms with Gasteiger partial charge in [0.1, 0.15) is 5.82 Å². The van der Waals surface area contributed by atoms with Gasteiger partial charge in [0.15, 0.2) is 0 Å². The van der Waals surface area contributed by atoms with Crippen LogP contribution >= 0.6 is 0 Å². The molecule has 114 valence electrons. The molecule has 1 N–H and O–H groups in total. The van der Waals surface area contributed by atoms with Crippen molar-refractivity contribution < 1.29 is 4.39 Å². The summed E-state index contributed by atoms with van der Waals surface area (Å²) in [6, 6.07) is 5.15. The van der Waals surface area contributed by atoms with Crippen LogP contribution in [0, 0.1) is 24.1 Å². The van der Waals surface area contributed by atoms with Crippen molar-refractivity contribution in [3.63, 3.8) is 0 Å². The van der Waals surface area contributed by atoms with E-state index in [2.05, 4.69) is 39.9 Å². The molecule has 1 nitrogen and oxygen atoms in total. The molecule has 0 spiro atoms. The minimum atomic E-state index is -0.123. The second-order valence-corrected chi connectivity index (χ2v) is 6.48. The minimum absolute atomic E-state index is 0.123. The predicted molar refractivity (Wildman–Crippen MR) is 85.6 cm³/mol. The topological polar surface area (TPSA) is 12.0 Å². The summed E-state index contributed by atoms with van der Waals surface area (Å²) in [6.45, 7) is 13.1. The van der Waals surface area contributed by atoms with Crippen LogP contribution in [0.4, 0.5) is 4.39 Å². The van der Waals surface area contributed by atoms with Crippen LogP contribution in [0.1, 0.15) is 51.7 Å². The van der Waals surface area contributed by atoms with Crippen molar-refractivity contribution in [2.75, 3.05) is 13.1 Å². The molecule has 0 heterocycles. The summed E-state index contributed by atoms with van der Waals surface area (Å²) in [7, 11) is 0. The lowest BCUT2D eigenvalue weighted by molar-refractivity contribution is 0.242. The molecule has 0 amide bonds. The SMILES string of the molecule is CCC(CC)(CNCC(C)C)Cc1cc(F)ccc1C. The van der Waals surface area contributed by atoms with E-state index in [0.29, 0.717) is 5.92 Å². The number of rotatable bonds is 8. The Balaban J connectivity index is 2.81. The van der Waals surface area contributed by atoms with Gasteiger partial charge in [-0.05, 0) is 67.3 Å². The molecule has 2 heteroatoms. The highest BCUT2D eigenvalue weighted by Gasteiger charge is 2.27. The zero-order chi connectivity index (χ0) is 15.2. The molecule has 0 unspecified atom stereocenters. The van der Waals surface area contributed by atoms with Gasteiger partial charge in [0.25, 0.3) is 0 Å². The Morgan fingerprint density at radius 1 is 1.20 bits per heavy atom. The lowest BCUT2D eigenvalue weighted by Crippen LogP contribution is -2.37. The van der Waals surface area contributed by atoms with E-state index in [1.54, 1.807) is 12.1 Å². The average Bonchev–Trinajstić information content (AvgIpc) is 2.41. The molecule has 0 aliphatic heterocycles. The molecule has 0 saturated heterocycles. The Bertz CT molecular complexity index is 408. The summed E-state index contributed by atoms with van der Waals surface area (Å²) in [5.74, 6) is 0.541. The highest BCUT2D eigenvalue weighted by atomic mass is 19.1. The molecule has 1 aromatic rings. The summed E-state index contributed by atoms with van der Waals surface area (Å²) in [6.07, 6.45) is 3.18. The van der Waals surface area contributed by atoms with Gasteiger partial charge in [-0.25, -0.2) is 4.39 Å². The molecular weight excluding hydrogens is 249 g/mol. The van der Waals surface area contributed by atoms with Crippen LogP contribution < -0.4 is 5.32 Å². The van der Waals surface area contributed by atoms with Gasteiger partial charge in [0, 0.05) is 6.54 Å². The van der Waals surface area contributed by atoms with Crippen LogP contribution in [0.3, 0.4) is 0 Å². The van der Waals surface area contributed by atoms with Crippen LogP contribution in [0.15, 0.2) is 18.2 Å². The predicted octanol–water partition coefficient (Wildman–Crippen LogP) is 4.73. The number of hydrogen-bond donors (Lipinski definition) is 1. The fourth-order valence-corrected chi connectivity index (χ4v) is 2.67. The van der Waals surface area contributed by atoms with Crippen molar-refractivity contribution in [2.24, 2.45) is 11.3 Å². The summed E-state index contributed by atoms with van der Waals surface area (Å²) < 4.78 is 13.5. The molecule has 0 aromatic heterocycles. The van der Waals surface area contributed by atoms with Crippen molar-refractivity contribution in [1.82, 2.24) is 5.32 Å². The fourth-order valence-electron chi connectivity index (χ4n) is 2.67. The zero-order valence-corrected chi connectivity index (χ0v) is 13.7. The second kappa shape index (κ2) is 7.78. The largest absolute Gasteiger partial charge is 0.316 e. The van der Waals surface area contributed by atoms with Crippen LogP contribution in [0.25, 0.3) is 0 Å². The molecule has 0 fully saturated rings. The average molecular weight is 279 g/mol. The molecule has 20 heavy (non-hydrogen) atoms. The highest BCUT2D eigenvalue weighted by Crippen LogP contribution is 2.31. The van der Waals surface area contributed by atoms with Crippen molar-refractivity contribution in [1.29, 1.82) is 0 Å². The minimum Gasteiger partial charge on any atom is -0.316 e. The molecular formula is C18H30FN. The third-order valence-electron chi connectivity index (χ3n) is 4.43. The number of aryl methyl sites for hydroxylation is 1. The van der Waals surface area contributed by atoms with Crippen LogP contribution in [-0.4, -0.2) is 13.1 Å². The van der Waals surface area contributed by atoms with Gasteiger partial charge in [0.05, 0.1) is 0 Å². The first-order valence-electron chi connectivity index (χ1n) is 7.88. The molecule has 0 bridgehead atoms. The molecule has 0 aliphatic carbocycles. The fraction of sp³-hybridized carbons (Fsp3) is 0.667. The van der Waals surface area contributed by atoms with Crippen molar-refractivity contribution >= 4 is 0 Å². The first-order chi connectivity index (χ1) is 9.42. The maximum Gasteiger partial charge on any atom is 0.123 e. The first kappa shape index (κ1) is 17.2. The lowest BCUT2D eigenvalue weighted by Gasteiger charge is -2.33. The first-order valence-corrected chi connectivity index (χ1v) is 7.88. The molecule has 0 aliphatic rings. The number of nitrogens with one attached hydrogen (secondary N) is 1. The summed E-state index contributed by atoms with van der Waals surface area (Å²) in [5.41, 5.74) is 2.58. The third kappa shape index (κ3) is 4.90. The Labute approximate surface area is 124 Å². The number of benzene rings is 1. The number of hydrogen-bond acceptors (Lipinski definition) is 1. The van der Waals surface area contributed by atoms with Gasteiger partial charge in [0.2, 0.25) is 0 Å². The van der Waals surface area contributed by atoms with E-state index in [1.165, 1.54) is 5.56 Å². The normalized spacial score (nSPS) is 12.2. The smallest absolute Gasteiger partial charge is 0.123 e. The van der Waals surface area contributed by atoms with E-state index in [1.807, 2.05) is 6.07 Å². The van der Waals surface area contributed by atoms with E-state index >= 15 is 0 Å². The van der Waals surface area contributed by atoms with Crippen LogP contribution in [0.2, 0.25) is 0 Å². The molecule has 1 rings (SSSR count). The molecule has 0 atom stereocenters. The molecule has 0 saturated carbocycles. The van der Waals surface area contributed by atoms with Gasteiger partial charge in [-0.15, -0.1) is 0 Å². The summed E-state index contributed by atoms with van der Waals surface area (Å²) in [5, 5.41) is 3.59. The summed E-state index contributed by atoms with van der Waals surface area (Å²) in [4.78, 5) is 0. The van der Waals surface area contributed by atoms with Gasteiger partial charge in [-0.2, -0.15) is 0 Å². The standard InChI is InChI=1S/C18H30FN/c1-6-18(7-2,13-20-12-14(3)4)11-16-10-17(19)9-8-15(16)5/h8-10,14,20H,6-7,11-13H2,1-5H3. The highest BCUT2D eigenvalue weighted by molar-refractivity contribution is 5.27.